The largest absolute Gasteiger partial charge is 0.381 e. The standard InChI is InChI=1S/C25H28ClN3O2/c1-18-14-19(2)29(28-18)17-21-7-5-6-20(15-21)16-27-24(30)25(10-12-31-13-11-25)22-8-3-4-9-23(22)26/h3-9,14-15H,10-13,16-17H2,1-2H3,(H,27,30). The van der Waals surface area contributed by atoms with Crippen LogP contribution in [0.15, 0.2) is 54.6 Å². The summed E-state index contributed by atoms with van der Waals surface area (Å²) in [6.07, 6.45) is 1.25. The van der Waals surface area contributed by atoms with Crippen molar-refractivity contribution in [3.63, 3.8) is 0 Å². The SMILES string of the molecule is Cc1cc(C)n(Cc2cccc(CNC(=O)C3(c4ccccc4Cl)CCOCC3)c2)n1. The molecule has 1 saturated heterocycles. The minimum Gasteiger partial charge on any atom is -0.381 e. The molecule has 3 aromatic rings. The Hall–Kier alpha value is -2.63. The maximum atomic E-state index is 13.4. The number of aromatic nitrogens is 2. The normalized spacial score (nSPS) is 15.6. The Morgan fingerprint density at radius 2 is 1.84 bits per heavy atom. The first kappa shape index (κ1) is 21.6. The van der Waals surface area contributed by atoms with E-state index in [0.29, 0.717) is 44.2 Å². The molecule has 0 aliphatic carbocycles. The summed E-state index contributed by atoms with van der Waals surface area (Å²) in [5, 5.41) is 8.34. The van der Waals surface area contributed by atoms with E-state index in [1.807, 2.05) is 48.0 Å². The van der Waals surface area contributed by atoms with E-state index in [4.69, 9.17) is 16.3 Å². The predicted octanol–water partition coefficient (Wildman–Crippen LogP) is 4.57. The van der Waals surface area contributed by atoms with Gasteiger partial charge in [0.2, 0.25) is 5.91 Å². The lowest BCUT2D eigenvalue weighted by molar-refractivity contribution is -0.130. The average molecular weight is 438 g/mol. The summed E-state index contributed by atoms with van der Waals surface area (Å²) in [4.78, 5) is 13.4. The zero-order valence-corrected chi connectivity index (χ0v) is 18.8. The van der Waals surface area contributed by atoms with Crippen LogP contribution >= 0.6 is 11.6 Å². The molecule has 4 rings (SSSR count). The van der Waals surface area contributed by atoms with Crippen LogP contribution in [0.25, 0.3) is 0 Å². The second kappa shape index (κ2) is 9.25. The molecular weight excluding hydrogens is 410 g/mol. The van der Waals surface area contributed by atoms with Gasteiger partial charge >= 0.3 is 0 Å². The number of carbonyl (C=O) groups is 1. The van der Waals surface area contributed by atoms with Gasteiger partial charge in [0.1, 0.15) is 0 Å². The molecule has 0 saturated carbocycles. The van der Waals surface area contributed by atoms with E-state index in [9.17, 15) is 4.79 Å². The third-order valence-electron chi connectivity index (χ3n) is 6.05. The molecule has 162 valence electrons. The number of nitrogens with zero attached hydrogens (tertiary/aromatic N) is 2. The zero-order chi connectivity index (χ0) is 21.8. The average Bonchev–Trinajstić information content (AvgIpc) is 3.09. The lowest BCUT2D eigenvalue weighted by Crippen LogP contribution is -2.48. The lowest BCUT2D eigenvalue weighted by Gasteiger charge is -2.36. The fourth-order valence-corrected chi connectivity index (χ4v) is 4.70. The van der Waals surface area contributed by atoms with Crippen molar-refractivity contribution in [1.82, 2.24) is 15.1 Å². The number of hydrogen-bond donors (Lipinski definition) is 1. The van der Waals surface area contributed by atoms with E-state index >= 15 is 0 Å². The van der Waals surface area contributed by atoms with Gasteiger partial charge < -0.3 is 10.1 Å². The van der Waals surface area contributed by atoms with Crippen LogP contribution in [0.5, 0.6) is 0 Å². The summed E-state index contributed by atoms with van der Waals surface area (Å²) in [6.45, 7) is 6.35. The number of ether oxygens (including phenoxy) is 1. The van der Waals surface area contributed by atoms with E-state index in [1.54, 1.807) is 0 Å². The van der Waals surface area contributed by atoms with Crippen molar-refractivity contribution in [3.05, 3.63) is 87.7 Å². The molecule has 2 heterocycles. The second-order valence-electron chi connectivity index (χ2n) is 8.26. The van der Waals surface area contributed by atoms with Crippen molar-refractivity contribution >= 4 is 17.5 Å². The van der Waals surface area contributed by atoms with Crippen molar-refractivity contribution in [2.45, 2.75) is 45.2 Å². The van der Waals surface area contributed by atoms with Crippen LogP contribution in [0.1, 0.15) is 40.9 Å². The van der Waals surface area contributed by atoms with Crippen molar-refractivity contribution in [1.29, 1.82) is 0 Å². The summed E-state index contributed by atoms with van der Waals surface area (Å²) in [7, 11) is 0. The van der Waals surface area contributed by atoms with Crippen LogP contribution in [0.2, 0.25) is 5.02 Å². The summed E-state index contributed by atoms with van der Waals surface area (Å²) in [5.74, 6) is 0.00727. The van der Waals surface area contributed by atoms with Crippen molar-refractivity contribution in [2.24, 2.45) is 0 Å². The maximum absolute atomic E-state index is 13.4. The van der Waals surface area contributed by atoms with E-state index in [1.165, 1.54) is 0 Å². The van der Waals surface area contributed by atoms with Crippen LogP contribution in [-0.2, 0) is 28.0 Å². The molecule has 1 fully saturated rings. The minimum atomic E-state index is -0.655. The van der Waals surface area contributed by atoms with Crippen LogP contribution < -0.4 is 5.32 Å². The van der Waals surface area contributed by atoms with E-state index in [0.717, 1.165) is 28.1 Å². The van der Waals surface area contributed by atoms with Crippen molar-refractivity contribution in [3.8, 4) is 0 Å². The molecule has 0 bridgehead atoms. The topological polar surface area (TPSA) is 56.2 Å². The molecule has 5 nitrogen and oxygen atoms in total. The number of amides is 1. The zero-order valence-electron chi connectivity index (χ0n) is 18.0. The van der Waals surface area contributed by atoms with Crippen LogP contribution in [0.3, 0.4) is 0 Å². The second-order valence-corrected chi connectivity index (χ2v) is 8.67. The molecule has 1 aliphatic rings. The van der Waals surface area contributed by atoms with E-state index < -0.39 is 5.41 Å². The number of halogens is 1. The van der Waals surface area contributed by atoms with Gasteiger partial charge in [0.05, 0.1) is 17.7 Å². The summed E-state index contributed by atoms with van der Waals surface area (Å²) < 4.78 is 7.55. The minimum absolute atomic E-state index is 0.00727. The number of nitrogens with one attached hydrogen (secondary N) is 1. The molecule has 1 aromatic heterocycles. The number of carbonyl (C=O) groups excluding carboxylic acids is 1. The molecule has 1 aliphatic heterocycles. The maximum Gasteiger partial charge on any atom is 0.231 e. The smallest absolute Gasteiger partial charge is 0.231 e. The highest BCUT2D eigenvalue weighted by Crippen LogP contribution is 2.39. The molecule has 0 spiro atoms. The van der Waals surface area contributed by atoms with Gasteiger partial charge in [-0.05, 0) is 55.5 Å². The first-order valence-electron chi connectivity index (χ1n) is 10.7. The Bertz CT molecular complexity index is 1070. The Morgan fingerprint density at radius 1 is 1.10 bits per heavy atom. The highest BCUT2D eigenvalue weighted by molar-refractivity contribution is 6.31. The van der Waals surface area contributed by atoms with Gasteiger partial charge in [-0.1, -0.05) is 54.1 Å². The molecule has 0 unspecified atom stereocenters. The van der Waals surface area contributed by atoms with Crippen LogP contribution in [-0.4, -0.2) is 28.9 Å². The fraction of sp³-hybridized carbons (Fsp3) is 0.360. The summed E-state index contributed by atoms with van der Waals surface area (Å²) in [6, 6.07) is 18.0. The molecule has 6 heteroatoms. The van der Waals surface area contributed by atoms with Gasteiger partial charge in [0.15, 0.2) is 0 Å². The van der Waals surface area contributed by atoms with Crippen LogP contribution in [0.4, 0.5) is 0 Å². The fourth-order valence-electron chi connectivity index (χ4n) is 4.39. The first-order chi connectivity index (χ1) is 15.0. The molecule has 0 radical (unpaired) electrons. The molecule has 31 heavy (non-hydrogen) atoms. The highest BCUT2D eigenvalue weighted by atomic mass is 35.5. The molecule has 1 N–H and O–H groups in total. The van der Waals surface area contributed by atoms with Gasteiger partial charge in [-0.3, -0.25) is 9.48 Å². The van der Waals surface area contributed by atoms with Gasteiger partial charge in [-0.2, -0.15) is 5.10 Å². The van der Waals surface area contributed by atoms with Gasteiger partial charge in [0.25, 0.3) is 0 Å². The third-order valence-corrected chi connectivity index (χ3v) is 6.38. The third kappa shape index (κ3) is 4.68. The van der Waals surface area contributed by atoms with Crippen molar-refractivity contribution < 1.29 is 9.53 Å². The Kier molecular flexibility index (Phi) is 6.44. The number of hydrogen-bond acceptors (Lipinski definition) is 3. The predicted molar refractivity (Wildman–Crippen MR) is 122 cm³/mol. The van der Waals surface area contributed by atoms with Gasteiger partial charge in [0, 0.05) is 30.5 Å². The van der Waals surface area contributed by atoms with Gasteiger partial charge in [-0.15, -0.1) is 0 Å². The number of rotatable bonds is 6. The Morgan fingerprint density at radius 3 is 2.55 bits per heavy atom. The quantitative estimate of drug-likeness (QED) is 0.614. The lowest BCUT2D eigenvalue weighted by atomic mass is 9.73. The summed E-state index contributed by atoms with van der Waals surface area (Å²) in [5.41, 5.74) is 4.60. The summed E-state index contributed by atoms with van der Waals surface area (Å²) >= 11 is 6.49. The van der Waals surface area contributed by atoms with Crippen molar-refractivity contribution in [2.75, 3.05) is 13.2 Å². The van der Waals surface area contributed by atoms with E-state index in [-0.39, 0.29) is 5.91 Å². The molecule has 0 atom stereocenters. The highest BCUT2D eigenvalue weighted by Gasteiger charge is 2.42. The Balaban J connectivity index is 1.49. The van der Waals surface area contributed by atoms with E-state index in [2.05, 4.69) is 35.5 Å². The number of benzene rings is 2. The van der Waals surface area contributed by atoms with Crippen LogP contribution in [0, 0.1) is 13.8 Å². The molecule has 2 aromatic carbocycles. The number of aryl methyl sites for hydroxylation is 2. The molecule has 1 amide bonds. The first-order valence-corrected chi connectivity index (χ1v) is 11.1. The molecular formula is C25H28ClN3O2. The monoisotopic (exact) mass is 437 g/mol. The van der Waals surface area contributed by atoms with Gasteiger partial charge in [-0.25, -0.2) is 0 Å². The Labute approximate surface area is 188 Å².